The summed E-state index contributed by atoms with van der Waals surface area (Å²) in [4.78, 5) is 0. The number of hydrogen-bond acceptors (Lipinski definition) is 1. The minimum Gasteiger partial charge on any atom is -0.313 e. The van der Waals surface area contributed by atoms with Crippen molar-refractivity contribution in [1.29, 1.82) is 0 Å². The van der Waals surface area contributed by atoms with Gasteiger partial charge in [0, 0.05) is 11.6 Å². The molecule has 0 aliphatic heterocycles. The van der Waals surface area contributed by atoms with Crippen molar-refractivity contribution in [3.8, 4) is 0 Å². The fourth-order valence-corrected chi connectivity index (χ4v) is 2.04. The molecule has 0 saturated heterocycles. The predicted octanol–water partition coefficient (Wildman–Crippen LogP) is 3.76. The number of halogens is 2. The van der Waals surface area contributed by atoms with Gasteiger partial charge in [0.2, 0.25) is 0 Å². The van der Waals surface area contributed by atoms with Gasteiger partial charge in [-0.05, 0) is 43.0 Å². The molecule has 0 unspecified atom stereocenters. The van der Waals surface area contributed by atoms with Gasteiger partial charge in [-0.15, -0.1) is 0 Å². The van der Waals surface area contributed by atoms with Gasteiger partial charge in [-0.2, -0.15) is 0 Å². The summed E-state index contributed by atoms with van der Waals surface area (Å²) in [6.07, 6.45) is 5.40. The fourth-order valence-electron chi connectivity index (χ4n) is 1.81. The van der Waals surface area contributed by atoms with Gasteiger partial charge in [-0.3, -0.25) is 0 Å². The van der Waals surface area contributed by atoms with Crippen molar-refractivity contribution in [1.82, 2.24) is 5.32 Å². The van der Waals surface area contributed by atoms with Crippen LogP contribution in [0.4, 0.5) is 4.39 Å². The lowest BCUT2D eigenvalue weighted by atomic mass is 10.2. The van der Waals surface area contributed by atoms with Crippen LogP contribution in [0.3, 0.4) is 0 Å². The highest BCUT2D eigenvalue weighted by atomic mass is 35.5. The third kappa shape index (κ3) is 3.76. The number of hydrogen-bond donors (Lipinski definition) is 1. The van der Waals surface area contributed by atoms with Crippen molar-refractivity contribution in [3.63, 3.8) is 0 Å². The Morgan fingerprint density at radius 2 is 2.19 bits per heavy atom. The molecular formula is C13H17ClFN. The zero-order valence-electron chi connectivity index (χ0n) is 9.31. The first-order valence-electron chi connectivity index (χ1n) is 5.90. The Labute approximate surface area is 101 Å². The van der Waals surface area contributed by atoms with Crippen LogP contribution in [0, 0.1) is 11.7 Å². The van der Waals surface area contributed by atoms with E-state index in [1.165, 1.54) is 37.8 Å². The maximum atomic E-state index is 12.8. The molecular weight excluding hydrogens is 225 g/mol. The summed E-state index contributed by atoms with van der Waals surface area (Å²) < 4.78 is 12.8. The van der Waals surface area contributed by atoms with Crippen LogP contribution in [0.15, 0.2) is 18.2 Å². The Balaban J connectivity index is 1.67. The van der Waals surface area contributed by atoms with E-state index in [2.05, 4.69) is 5.32 Å². The fraction of sp³-hybridized carbons (Fsp3) is 0.538. The number of nitrogens with one attached hydrogen (secondary N) is 1. The Kier molecular flexibility index (Phi) is 4.19. The van der Waals surface area contributed by atoms with Gasteiger partial charge in [-0.25, -0.2) is 4.39 Å². The molecule has 2 rings (SSSR count). The largest absolute Gasteiger partial charge is 0.313 e. The van der Waals surface area contributed by atoms with E-state index in [0.29, 0.717) is 5.02 Å². The second kappa shape index (κ2) is 5.65. The standard InChI is InChI=1S/C13H17ClFN/c14-13-8-12(15)6-5-11(13)9-16-7-1-2-10-3-4-10/h5-6,8,10,16H,1-4,7,9H2. The molecule has 3 heteroatoms. The molecule has 88 valence electrons. The summed E-state index contributed by atoms with van der Waals surface area (Å²) in [6.45, 7) is 1.74. The maximum absolute atomic E-state index is 12.8. The highest BCUT2D eigenvalue weighted by Gasteiger charge is 2.19. The molecule has 0 heterocycles. The molecule has 1 aromatic rings. The van der Waals surface area contributed by atoms with E-state index in [4.69, 9.17) is 11.6 Å². The topological polar surface area (TPSA) is 12.0 Å². The van der Waals surface area contributed by atoms with Crippen molar-refractivity contribution in [2.24, 2.45) is 5.92 Å². The molecule has 16 heavy (non-hydrogen) atoms. The monoisotopic (exact) mass is 241 g/mol. The zero-order valence-corrected chi connectivity index (χ0v) is 10.1. The summed E-state index contributed by atoms with van der Waals surface area (Å²) in [7, 11) is 0. The molecule has 1 nitrogen and oxygen atoms in total. The molecule has 1 aliphatic rings. The zero-order chi connectivity index (χ0) is 11.4. The first kappa shape index (κ1) is 11.9. The van der Waals surface area contributed by atoms with E-state index in [-0.39, 0.29) is 5.82 Å². The van der Waals surface area contributed by atoms with Crippen molar-refractivity contribution in [3.05, 3.63) is 34.6 Å². The van der Waals surface area contributed by atoms with Crippen LogP contribution in [0.5, 0.6) is 0 Å². The average molecular weight is 242 g/mol. The van der Waals surface area contributed by atoms with Gasteiger partial charge in [-0.1, -0.05) is 30.5 Å². The SMILES string of the molecule is Fc1ccc(CNCCCC2CC2)c(Cl)c1. The third-order valence-electron chi connectivity index (χ3n) is 2.99. The normalized spacial score (nSPS) is 15.4. The smallest absolute Gasteiger partial charge is 0.124 e. The average Bonchev–Trinajstić information content (AvgIpc) is 3.04. The lowest BCUT2D eigenvalue weighted by Crippen LogP contribution is -2.15. The van der Waals surface area contributed by atoms with Gasteiger partial charge >= 0.3 is 0 Å². The second-order valence-corrected chi connectivity index (χ2v) is 4.91. The lowest BCUT2D eigenvalue weighted by Gasteiger charge is -2.06. The van der Waals surface area contributed by atoms with Crippen LogP contribution in [0.2, 0.25) is 5.02 Å². The van der Waals surface area contributed by atoms with Crippen LogP contribution < -0.4 is 5.32 Å². The molecule has 0 atom stereocenters. The lowest BCUT2D eigenvalue weighted by molar-refractivity contribution is 0.592. The Morgan fingerprint density at radius 3 is 2.88 bits per heavy atom. The summed E-state index contributed by atoms with van der Waals surface area (Å²) in [6, 6.07) is 4.56. The molecule has 0 bridgehead atoms. The highest BCUT2D eigenvalue weighted by Crippen LogP contribution is 2.33. The van der Waals surface area contributed by atoms with E-state index >= 15 is 0 Å². The highest BCUT2D eigenvalue weighted by molar-refractivity contribution is 6.31. The first-order valence-corrected chi connectivity index (χ1v) is 6.28. The Hall–Kier alpha value is -0.600. The van der Waals surface area contributed by atoms with Crippen LogP contribution in [0.1, 0.15) is 31.2 Å². The van der Waals surface area contributed by atoms with E-state index < -0.39 is 0 Å². The van der Waals surface area contributed by atoms with Gasteiger partial charge in [0.15, 0.2) is 0 Å². The third-order valence-corrected chi connectivity index (χ3v) is 3.35. The molecule has 0 amide bonds. The van der Waals surface area contributed by atoms with Crippen LogP contribution in [-0.2, 0) is 6.54 Å². The molecule has 1 aliphatic carbocycles. The van der Waals surface area contributed by atoms with E-state index in [0.717, 1.165) is 24.6 Å². The van der Waals surface area contributed by atoms with E-state index in [1.54, 1.807) is 6.07 Å². The minimum absolute atomic E-state index is 0.275. The van der Waals surface area contributed by atoms with Crippen LogP contribution >= 0.6 is 11.6 Å². The van der Waals surface area contributed by atoms with Gasteiger partial charge < -0.3 is 5.32 Å². The van der Waals surface area contributed by atoms with Crippen molar-refractivity contribution < 1.29 is 4.39 Å². The van der Waals surface area contributed by atoms with Crippen LogP contribution in [0.25, 0.3) is 0 Å². The Bertz CT molecular complexity index is 350. The van der Waals surface area contributed by atoms with Crippen LogP contribution in [-0.4, -0.2) is 6.54 Å². The molecule has 0 aromatic heterocycles. The van der Waals surface area contributed by atoms with Crippen molar-refractivity contribution in [2.45, 2.75) is 32.2 Å². The minimum atomic E-state index is -0.275. The number of benzene rings is 1. The quantitative estimate of drug-likeness (QED) is 0.748. The van der Waals surface area contributed by atoms with E-state index in [9.17, 15) is 4.39 Å². The molecule has 1 N–H and O–H groups in total. The number of rotatable bonds is 6. The first-order chi connectivity index (χ1) is 7.75. The Morgan fingerprint density at radius 1 is 1.38 bits per heavy atom. The van der Waals surface area contributed by atoms with Gasteiger partial charge in [0.05, 0.1) is 0 Å². The summed E-state index contributed by atoms with van der Waals surface area (Å²) in [5, 5.41) is 3.85. The summed E-state index contributed by atoms with van der Waals surface area (Å²) in [5.74, 6) is 0.721. The summed E-state index contributed by atoms with van der Waals surface area (Å²) >= 11 is 5.92. The second-order valence-electron chi connectivity index (χ2n) is 4.50. The molecule has 1 fully saturated rings. The maximum Gasteiger partial charge on any atom is 0.124 e. The van der Waals surface area contributed by atoms with Gasteiger partial charge in [0.25, 0.3) is 0 Å². The molecule has 0 radical (unpaired) electrons. The van der Waals surface area contributed by atoms with E-state index in [1.807, 2.05) is 0 Å². The molecule has 0 spiro atoms. The summed E-state index contributed by atoms with van der Waals surface area (Å²) in [5.41, 5.74) is 0.967. The molecule has 1 aromatic carbocycles. The predicted molar refractivity (Wildman–Crippen MR) is 65.1 cm³/mol. The van der Waals surface area contributed by atoms with Gasteiger partial charge in [0.1, 0.15) is 5.82 Å². The molecule has 1 saturated carbocycles. The van der Waals surface area contributed by atoms with Crippen molar-refractivity contribution in [2.75, 3.05) is 6.54 Å². The van der Waals surface area contributed by atoms with Crippen molar-refractivity contribution >= 4 is 11.6 Å².